The van der Waals surface area contributed by atoms with Crippen LogP contribution in [0.2, 0.25) is 5.02 Å². The quantitative estimate of drug-likeness (QED) is 0.673. The average Bonchev–Trinajstić information content (AvgIpc) is 2.40. The third kappa shape index (κ3) is 1.87. The zero-order valence-corrected chi connectivity index (χ0v) is 9.89. The van der Waals surface area contributed by atoms with Gasteiger partial charge in [0.15, 0.2) is 0 Å². The first kappa shape index (κ1) is 10.9. The molecule has 0 aliphatic heterocycles. The standard InChI is InChI=1S/C13H7ClN2O2/c14-9-3-4-11-10(6-9)13(17)18-12(16-11)8-2-1-5-15-7-8/h1-7H. The monoisotopic (exact) mass is 258 g/mol. The highest BCUT2D eigenvalue weighted by atomic mass is 35.5. The number of fused-ring (bicyclic) bond motifs is 1. The van der Waals surface area contributed by atoms with E-state index >= 15 is 0 Å². The summed E-state index contributed by atoms with van der Waals surface area (Å²) in [5.41, 5.74) is 0.752. The lowest BCUT2D eigenvalue weighted by Crippen LogP contribution is -2.02. The van der Waals surface area contributed by atoms with E-state index in [-0.39, 0.29) is 5.89 Å². The minimum absolute atomic E-state index is 0.253. The molecule has 0 unspecified atom stereocenters. The zero-order valence-electron chi connectivity index (χ0n) is 9.13. The van der Waals surface area contributed by atoms with Crippen molar-refractivity contribution in [3.63, 3.8) is 0 Å². The second-order valence-electron chi connectivity index (χ2n) is 3.71. The molecule has 0 aliphatic rings. The molecule has 18 heavy (non-hydrogen) atoms. The van der Waals surface area contributed by atoms with E-state index in [1.165, 1.54) is 0 Å². The molecular formula is C13H7ClN2O2. The normalized spacial score (nSPS) is 10.7. The Bertz CT molecular complexity index is 769. The summed E-state index contributed by atoms with van der Waals surface area (Å²) >= 11 is 5.83. The van der Waals surface area contributed by atoms with E-state index in [4.69, 9.17) is 16.0 Å². The Morgan fingerprint density at radius 3 is 2.89 bits per heavy atom. The molecule has 0 saturated heterocycles. The van der Waals surface area contributed by atoms with Crippen molar-refractivity contribution < 1.29 is 4.42 Å². The van der Waals surface area contributed by atoms with E-state index in [1.807, 2.05) is 0 Å². The van der Waals surface area contributed by atoms with E-state index in [2.05, 4.69) is 9.97 Å². The van der Waals surface area contributed by atoms with E-state index in [9.17, 15) is 4.79 Å². The molecule has 2 aromatic heterocycles. The summed E-state index contributed by atoms with van der Waals surface area (Å²) in [6.07, 6.45) is 3.23. The Labute approximate surface area is 107 Å². The summed E-state index contributed by atoms with van der Waals surface area (Å²) in [5, 5.41) is 0.848. The molecule has 4 nitrogen and oxygen atoms in total. The minimum Gasteiger partial charge on any atom is -0.403 e. The highest BCUT2D eigenvalue weighted by Crippen LogP contribution is 2.19. The van der Waals surface area contributed by atoms with Crippen LogP contribution in [-0.4, -0.2) is 9.97 Å². The molecule has 0 saturated carbocycles. The Hall–Kier alpha value is -2.20. The van der Waals surface area contributed by atoms with Gasteiger partial charge in [-0.1, -0.05) is 11.6 Å². The second-order valence-corrected chi connectivity index (χ2v) is 4.15. The van der Waals surface area contributed by atoms with Gasteiger partial charge in [-0.3, -0.25) is 4.98 Å². The SMILES string of the molecule is O=c1oc(-c2cccnc2)nc2ccc(Cl)cc12. The molecule has 0 radical (unpaired) electrons. The van der Waals surface area contributed by atoms with Gasteiger partial charge in [-0.05, 0) is 30.3 Å². The molecule has 88 valence electrons. The summed E-state index contributed by atoms with van der Waals surface area (Å²) in [4.78, 5) is 20.1. The number of hydrogen-bond donors (Lipinski definition) is 0. The molecule has 3 aromatic rings. The molecular weight excluding hydrogens is 252 g/mol. The smallest absolute Gasteiger partial charge is 0.347 e. The number of halogens is 1. The van der Waals surface area contributed by atoms with Gasteiger partial charge in [0.1, 0.15) is 0 Å². The van der Waals surface area contributed by atoms with Gasteiger partial charge >= 0.3 is 5.63 Å². The van der Waals surface area contributed by atoms with Crippen LogP contribution in [0.25, 0.3) is 22.4 Å². The molecule has 0 aliphatic carbocycles. The topological polar surface area (TPSA) is 56.0 Å². The first-order valence-corrected chi connectivity index (χ1v) is 5.62. The van der Waals surface area contributed by atoms with E-state index < -0.39 is 5.63 Å². The first-order chi connectivity index (χ1) is 8.74. The number of nitrogens with zero attached hydrogens (tertiary/aromatic N) is 2. The van der Waals surface area contributed by atoms with Gasteiger partial charge in [-0.25, -0.2) is 9.78 Å². The fourth-order valence-electron chi connectivity index (χ4n) is 1.66. The predicted octanol–water partition coefficient (Wildman–Crippen LogP) is 2.90. The van der Waals surface area contributed by atoms with Gasteiger partial charge in [-0.15, -0.1) is 0 Å². The Morgan fingerprint density at radius 2 is 2.11 bits per heavy atom. The largest absolute Gasteiger partial charge is 0.403 e. The van der Waals surface area contributed by atoms with Crippen LogP contribution in [0.1, 0.15) is 0 Å². The van der Waals surface area contributed by atoms with Crippen LogP contribution in [0, 0.1) is 0 Å². The lowest BCUT2D eigenvalue weighted by Gasteiger charge is -2.01. The number of rotatable bonds is 1. The molecule has 0 bridgehead atoms. The van der Waals surface area contributed by atoms with Crippen LogP contribution >= 0.6 is 11.6 Å². The summed E-state index contributed by atoms with van der Waals surface area (Å²) in [6, 6.07) is 8.45. The summed E-state index contributed by atoms with van der Waals surface area (Å²) in [7, 11) is 0. The van der Waals surface area contributed by atoms with Gasteiger partial charge in [0.25, 0.3) is 0 Å². The third-order valence-electron chi connectivity index (χ3n) is 2.50. The van der Waals surface area contributed by atoms with Crippen molar-refractivity contribution in [3.8, 4) is 11.5 Å². The van der Waals surface area contributed by atoms with E-state index in [1.54, 1.807) is 42.7 Å². The number of aromatic nitrogens is 2. The Morgan fingerprint density at radius 1 is 1.22 bits per heavy atom. The molecule has 1 aromatic carbocycles. The second kappa shape index (κ2) is 4.23. The fourth-order valence-corrected chi connectivity index (χ4v) is 1.83. The molecule has 0 atom stereocenters. The van der Waals surface area contributed by atoms with Gasteiger partial charge in [0.05, 0.1) is 16.5 Å². The predicted molar refractivity (Wildman–Crippen MR) is 68.5 cm³/mol. The van der Waals surface area contributed by atoms with Crippen LogP contribution in [-0.2, 0) is 0 Å². The summed E-state index contributed by atoms with van der Waals surface area (Å²) in [6.45, 7) is 0. The maximum atomic E-state index is 11.8. The molecule has 3 rings (SSSR count). The summed E-state index contributed by atoms with van der Waals surface area (Å²) in [5.74, 6) is 0.253. The highest BCUT2D eigenvalue weighted by Gasteiger charge is 2.08. The molecule has 0 N–H and O–H groups in total. The molecule has 2 heterocycles. The average molecular weight is 259 g/mol. The number of pyridine rings is 1. The van der Waals surface area contributed by atoms with Gasteiger partial charge < -0.3 is 4.42 Å². The summed E-state index contributed by atoms with van der Waals surface area (Å²) < 4.78 is 5.17. The first-order valence-electron chi connectivity index (χ1n) is 5.25. The van der Waals surface area contributed by atoms with Crippen molar-refractivity contribution in [2.75, 3.05) is 0 Å². The van der Waals surface area contributed by atoms with Gasteiger partial charge in [0.2, 0.25) is 5.89 Å². The molecule has 5 heteroatoms. The van der Waals surface area contributed by atoms with Crippen LogP contribution in [0.15, 0.2) is 51.9 Å². The number of hydrogen-bond acceptors (Lipinski definition) is 4. The van der Waals surface area contributed by atoms with E-state index in [0.717, 1.165) is 0 Å². The Kier molecular flexibility index (Phi) is 2.57. The van der Waals surface area contributed by atoms with Crippen molar-refractivity contribution in [1.29, 1.82) is 0 Å². The van der Waals surface area contributed by atoms with Crippen LogP contribution < -0.4 is 5.63 Å². The van der Waals surface area contributed by atoms with E-state index in [0.29, 0.717) is 21.5 Å². The highest BCUT2D eigenvalue weighted by molar-refractivity contribution is 6.31. The van der Waals surface area contributed by atoms with Gasteiger partial charge in [-0.2, -0.15) is 0 Å². The van der Waals surface area contributed by atoms with Crippen LogP contribution in [0.5, 0.6) is 0 Å². The number of benzene rings is 1. The lowest BCUT2D eigenvalue weighted by molar-refractivity contribution is 0.518. The van der Waals surface area contributed by atoms with Crippen molar-refractivity contribution in [2.45, 2.75) is 0 Å². The Balaban J connectivity index is 2.29. The molecule has 0 spiro atoms. The third-order valence-corrected chi connectivity index (χ3v) is 2.73. The van der Waals surface area contributed by atoms with Crippen molar-refractivity contribution in [3.05, 3.63) is 58.2 Å². The maximum Gasteiger partial charge on any atom is 0.347 e. The minimum atomic E-state index is -0.457. The maximum absolute atomic E-state index is 11.8. The van der Waals surface area contributed by atoms with Crippen LogP contribution in [0.3, 0.4) is 0 Å². The van der Waals surface area contributed by atoms with Crippen molar-refractivity contribution in [1.82, 2.24) is 9.97 Å². The lowest BCUT2D eigenvalue weighted by atomic mass is 10.2. The van der Waals surface area contributed by atoms with Crippen molar-refractivity contribution >= 4 is 22.5 Å². The molecule has 0 fully saturated rings. The fraction of sp³-hybridized carbons (Fsp3) is 0. The molecule has 0 amide bonds. The van der Waals surface area contributed by atoms with Crippen LogP contribution in [0.4, 0.5) is 0 Å². The van der Waals surface area contributed by atoms with Crippen molar-refractivity contribution in [2.24, 2.45) is 0 Å². The van der Waals surface area contributed by atoms with Gasteiger partial charge in [0, 0.05) is 17.4 Å². The zero-order chi connectivity index (χ0) is 12.5.